The number of oxazole rings is 1. The van der Waals surface area contributed by atoms with Gasteiger partial charge in [-0.05, 0) is 48.5 Å². The maximum absolute atomic E-state index is 12.5. The van der Waals surface area contributed by atoms with Crippen molar-refractivity contribution in [2.45, 2.75) is 0 Å². The van der Waals surface area contributed by atoms with Crippen LogP contribution in [0.2, 0.25) is 15.1 Å². The Morgan fingerprint density at radius 3 is 2.56 bits per heavy atom. The third kappa shape index (κ3) is 3.62. The predicted molar refractivity (Wildman–Crippen MR) is 107 cm³/mol. The summed E-state index contributed by atoms with van der Waals surface area (Å²) in [6.07, 6.45) is 1.64. The zero-order chi connectivity index (χ0) is 19.0. The number of pyridine rings is 1. The first-order valence-corrected chi connectivity index (χ1v) is 8.92. The SMILES string of the molecule is O=C(Nc1cc(-c2nc3ncccc3o2)ccc1Cl)c1ccc(Cl)c(Cl)c1. The standard InChI is InChI=1S/C19H10Cl3N3O2/c20-12-5-3-10(8-14(12)22)18(26)24-15-9-11(4-6-13(15)21)19-25-17-16(27-19)2-1-7-23-17/h1-9H,(H,24,26). The Labute approximate surface area is 168 Å². The Hall–Kier alpha value is -2.60. The molecule has 4 rings (SSSR count). The third-order valence-corrected chi connectivity index (χ3v) is 4.88. The number of amides is 1. The van der Waals surface area contributed by atoms with Gasteiger partial charge in [0.05, 0.1) is 20.8 Å². The monoisotopic (exact) mass is 417 g/mol. The fourth-order valence-electron chi connectivity index (χ4n) is 2.48. The molecule has 27 heavy (non-hydrogen) atoms. The molecule has 4 aromatic rings. The molecule has 1 amide bonds. The summed E-state index contributed by atoms with van der Waals surface area (Å²) in [6.45, 7) is 0. The molecule has 0 radical (unpaired) electrons. The summed E-state index contributed by atoms with van der Waals surface area (Å²) in [5.41, 5.74) is 2.51. The Morgan fingerprint density at radius 2 is 1.78 bits per heavy atom. The molecule has 0 fully saturated rings. The van der Waals surface area contributed by atoms with Crippen LogP contribution in [0.15, 0.2) is 59.1 Å². The number of benzene rings is 2. The molecule has 0 aliphatic carbocycles. The highest BCUT2D eigenvalue weighted by molar-refractivity contribution is 6.42. The van der Waals surface area contributed by atoms with E-state index in [0.717, 1.165) is 0 Å². The van der Waals surface area contributed by atoms with Crippen molar-refractivity contribution in [3.63, 3.8) is 0 Å². The number of nitrogens with one attached hydrogen (secondary N) is 1. The van der Waals surface area contributed by atoms with Crippen LogP contribution in [0.25, 0.3) is 22.7 Å². The molecular formula is C19H10Cl3N3O2. The van der Waals surface area contributed by atoms with E-state index < -0.39 is 0 Å². The summed E-state index contributed by atoms with van der Waals surface area (Å²) < 4.78 is 5.71. The lowest BCUT2D eigenvalue weighted by molar-refractivity contribution is 0.102. The van der Waals surface area contributed by atoms with Gasteiger partial charge in [0.2, 0.25) is 5.89 Å². The average molecular weight is 419 g/mol. The van der Waals surface area contributed by atoms with Crippen molar-refractivity contribution < 1.29 is 9.21 Å². The fourth-order valence-corrected chi connectivity index (χ4v) is 2.94. The molecule has 2 aromatic heterocycles. The van der Waals surface area contributed by atoms with Crippen molar-refractivity contribution in [2.24, 2.45) is 0 Å². The van der Waals surface area contributed by atoms with Gasteiger partial charge in [0.15, 0.2) is 11.2 Å². The number of nitrogens with zero attached hydrogens (tertiary/aromatic N) is 2. The van der Waals surface area contributed by atoms with Crippen LogP contribution in [-0.4, -0.2) is 15.9 Å². The molecule has 0 aliphatic heterocycles. The lowest BCUT2D eigenvalue weighted by atomic mass is 10.1. The molecule has 0 saturated heterocycles. The maximum Gasteiger partial charge on any atom is 0.255 e. The molecular weight excluding hydrogens is 409 g/mol. The van der Waals surface area contributed by atoms with Crippen LogP contribution in [0, 0.1) is 0 Å². The minimum Gasteiger partial charge on any atom is -0.434 e. The van der Waals surface area contributed by atoms with E-state index in [1.165, 1.54) is 6.07 Å². The first-order chi connectivity index (χ1) is 13.0. The number of carbonyl (C=O) groups is 1. The van der Waals surface area contributed by atoms with Crippen molar-refractivity contribution in [3.05, 3.63) is 75.4 Å². The molecule has 5 nitrogen and oxygen atoms in total. The van der Waals surface area contributed by atoms with Gasteiger partial charge < -0.3 is 9.73 Å². The average Bonchev–Trinajstić information content (AvgIpc) is 3.10. The molecule has 8 heteroatoms. The largest absolute Gasteiger partial charge is 0.434 e. The summed E-state index contributed by atoms with van der Waals surface area (Å²) >= 11 is 18.1. The molecule has 0 bridgehead atoms. The van der Waals surface area contributed by atoms with E-state index >= 15 is 0 Å². The molecule has 0 aliphatic rings. The molecule has 2 aromatic carbocycles. The number of aromatic nitrogens is 2. The zero-order valence-electron chi connectivity index (χ0n) is 13.5. The van der Waals surface area contributed by atoms with Gasteiger partial charge in [0, 0.05) is 17.3 Å². The van der Waals surface area contributed by atoms with Crippen molar-refractivity contribution >= 4 is 57.6 Å². The van der Waals surface area contributed by atoms with E-state index in [1.807, 2.05) is 0 Å². The first kappa shape index (κ1) is 17.8. The van der Waals surface area contributed by atoms with Crippen molar-refractivity contribution in [2.75, 3.05) is 5.32 Å². The molecule has 1 N–H and O–H groups in total. The second-order valence-corrected chi connectivity index (χ2v) is 6.84. The number of anilines is 1. The third-order valence-electron chi connectivity index (χ3n) is 3.81. The number of fused-ring (bicyclic) bond motifs is 1. The van der Waals surface area contributed by atoms with Gasteiger partial charge in [0.25, 0.3) is 5.91 Å². The van der Waals surface area contributed by atoms with Crippen LogP contribution in [0.4, 0.5) is 5.69 Å². The maximum atomic E-state index is 12.5. The van der Waals surface area contributed by atoms with Gasteiger partial charge in [-0.3, -0.25) is 4.79 Å². The van der Waals surface area contributed by atoms with E-state index in [2.05, 4.69) is 15.3 Å². The van der Waals surface area contributed by atoms with Crippen molar-refractivity contribution in [1.29, 1.82) is 0 Å². The predicted octanol–water partition coefficient (Wildman–Crippen LogP) is 6.10. The van der Waals surface area contributed by atoms with E-state index in [4.69, 9.17) is 39.2 Å². The summed E-state index contributed by atoms with van der Waals surface area (Å²) in [7, 11) is 0. The summed E-state index contributed by atoms with van der Waals surface area (Å²) in [4.78, 5) is 21.0. The van der Waals surface area contributed by atoms with Gasteiger partial charge in [-0.2, -0.15) is 4.98 Å². The van der Waals surface area contributed by atoms with Crippen LogP contribution >= 0.6 is 34.8 Å². The van der Waals surface area contributed by atoms with Crippen LogP contribution < -0.4 is 5.32 Å². The second-order valence-electron chi connectivity index (χ2n) is 5.62. The van der Waals surface area contributed by atoms with E-state index in [1.54, 1.807) is 48.7 Å². The smallest absolute Gasteiger partial charge is 0.255 e. The van der Waals surface area contributed by atoms with Crippen LogP contribution in [-0.2, 0) is 0 Å². The van der Waals surface area contributed by atoms with Crippen LogP contribution in [0.5, 0.6) is 0 Å². The highest BCUT2D eigenvalue weighted by Gasteiger charge is 2.14. The molecule has 2 heterocycles. The molecule has 0 atom stereocenters. The highest BCUT2D eigenvalue weighted by atomic mass is 35.5. The highest BCUT2D eigenvalue weighted by Crippen LogP contribution is 2.31. The van der Waals surface area contributed by atoms with Gasteiger partial charge in [0.1, 0.15) is 0 Å². The van der Waals surface area contributed by atoms with Gasteiger partial charge in [-0.25, -0.2) is 4.98 Å². The van der Waals surface area contributed by atoms with Gasteiger partial charge in [-0.1, -0.05) is 34.8 Å². The topological polar surface area (TPSA) is 68.0 Å². The second kappa shape index (κ2) is 7.19. The zero-order valence-corrected chi connectivity index (χ0v) is 15.8. The van der Waals surface area contributed by atoms with Gasteiger partial charge >= 0.3 is 0 Å². The van der Waals surface area contributed by atoms with Crippen LogP contribution in [0.3, 0.4) is 0 Å². The molecule has 0 saturated carbocycles. The Bertz CT molecular complexity index is 1140. The number of carbonyl (C=O) groups excluding carboxylic acids is 1. The molecule has 0 unspecified atom stereocenters. The normalized spacial score (nSPS) is 10.9. The summed E-state index contributed by atoms with van der Waals surface area (Å²) in [5.74, 6) is 0.0113. The van der Waals surface area contributed by atoms with E-state index in [-0.39, 0.29) is 5.91 Å². The Balaban J connectivity index is 1.66. The minimum atomic E-state index is -0.369. The first-order valence-electron chi connectivity index (χ1n) is 7.79. The molecule has 0 spiro atoms. The number of hydrogen-bond acceptors (Lipinski definition) is 4. The number of halogens is 3. The lowest BCUT2D eigenvalue weighted by Gasteiger charge is -2.09. The number of hydrogen-bond donors (Lipinski definition) is 1. The van der Waals surface area contributed by atoms with E-state index in [0.29, 0.717) is 49.0 Å². The summed E-state index contributed by atoms with van der Waals surface area (Å²) in [5, 5.41) is 3.80. The Kier molecular flexibility index (Phi) is 4.74. The number of rotatable bonds is 3. The lowest BCUT2D eigenvalue weighted by Crippen LogP contribution is -2.12. The fraction of sp³-hybridized carbons (Fsp3) is 0. The van der Waals surface area contributed by atoms with E-state index in [9.17, 15) is 4.79 Å². The quantitative estimate of drug-likeness (QED) is 0.436. The van der Waals surface area contributed by atoms with Crippen molar-refractivity contribution in [1.82, 2.24) is 9.97 Å². The minimum absolute atomic E-state index is 0.295. The van der Waals surface area contributed by atoms with Crippen molar-refractivity contribution in [3.8, 4) is 11.5 Å². The summed E-state index contributed by atoms with van der Waals surface area (Å²) in [6, 6.07) is 13.3. The Morgan fingerprint density at radius 1 is 0.963 bits per heavy atom. The van der Waals surface area contributed by atoms with Crippen LogP contribution in [0.1, 0.15) is 10.4 Å². The van der Waals surface area contributed by atoms with Gasteiger partial charge in [-0.15, -0.1) is 0 Å². The molecule has 134 valence electrons.